The van der Waals surface area contributed by atoms with Crippen LogP contribution in [0.1, 0.15) is 24.0 Å². The van der Waals surface area contributed by atoms with Crippen molar-refractivity contribution in [2.24, 2.45) is 5.92 Å². The number of nitrogens with zero attached hydrogens (tertiary/aromatic N) is 1. The number of esters is 1. The predicted octanol–water partition coefficient (Wildman–Crippen LogP) is 4.16. The minimum Gasteiger partial charge on any atom is -0.492 e. The van der Waals surface area contributed by atoms with Crippen LogP contribution in [0, 0.1) is 24.2 Å². The Morgan fingerprint density at radius 2 is 1.94 bits per heavy atom. The Morgan fingerprint density at radius 1 is 1.23 bits per heavy atom. The number of aryl methyl sites for hydroxylation is 1. The zero-order chi connectivity index (χ0) is 25.5. The number of carbonyl (C=O) groups is 3. The fourth-order valence-electron chi connectivity index (χ4n) is 3.63. The van der Waals surface area contributed by atoms with E-state index in [0.29, 0.717) is 23.6 Å². The molecule has 2 aromatic carbocycles. The molecule has 1 aliphatic heterocycles. The maximum atomic E-state index is 12.9. The Hall–Kier alpha value is -3.48. The van der Waals surface area contributed by atoms with Crippen LogP contribution in [0.3, 0.4) is 0 Å². The van der Waals surface area contributed by atoms with Gasteiger partial charge in [-0.25, -0.2) is 0 Å². The highest BCUT2D eigenvalue weighted by Crippen LogP contribution is 2.42. The Labute approximate surface area is 212 Å². The van der Waals surface area contributed by atoms with Gasteiger partial charge in [-0.1, -0.05) is 47.1 Å². The molecule has 8 nitrogen and oxygen atoms in total. The van der Waals surface area contributed by atoms with Gasteiger partial charge in [0.1, 0.15) is 11.7 Å². The van der Waals surface area contributed by atoms with Gasteiger partial charge in [-0.05, 0) is 43.7 Å². The van der Waals surface area contributed by atoms with Gasteiger partial charge in [-0.15, -0.1) is 0 Å². The van der Waals surface area contributed by atoms with Crippen molar-refractivity contribution in [1.29, 1.82) is 5.26 Å². The lowest BCUT2D eigenvalue weighted by Crippen LogP contribution is -2.44. The number of allylic oxidation sites excluding steroid dienone is 1. The second-order valence-electron chi connectivity index (χ2n) is 7.65. The fourth-order valence-corrected chi connectivity index (χ4v) is 4.73. The molecular weight excluding hydrogens is 490 g/mol. The number of methoxy groups -OCH3 is 1. The summed E-state index contributed by atoms with van der Waals surface area (Å²) >= 11 is 7.35. The first-order chi connectivity index (χ1) is 16.8. The van der Waals surface area contributed by atoms with Gasteiger partial charge in [0.05, 0.1) is 41.2 Å². The van der Waals surface area contributed by atoms with Crippen molar-refractivity contribution in [2.75, 3.05) is 24.8 Å². The first-order valence-corrected chi connectivity index (χ1v) is 12.1. The zero-order valence-corrected chi connectivity index (χ0v) is 21.0. The van der Waals surface area contributed by atoms with Crippen molar-refractivity contribution in [3.05, 3.63) is 69.2 Å². The molecule has 2 aromatic rings. The maximum absolute atomic E-state index is 12.9. The van der Waals surface area contributed by atoms with Gasteiger partial charge < -0.3 is 20.1 Å². The number of nitriles is 1. The second kappa shape index (κ2) is 11.8. The molecule has 2 amide bonds. The molecule has 0 saturated heterocycles. The van der Waals surface area contributed by atoms with Crippen molar-refractivity contribution >= 4 is 46.8 Å². The quantitative estimate of drug-likeness (QED) is 0.402. The monoisotopic (exact) mass is 513 g/mol. The minimum absolute atomic E-state index is 0.0612. The van der Waals surface area contributed by atoms with Crippen LogP contribution in [0.2, 0.25) is 5.02 Å². The van der Waals surface area contributed by atoms with E-state index >= 15 is 0 Å². The number of rotatable bonds is 8. The number of hydrogen-bond acceptors (Lipinski definition) is 7. The minimum atomic E-state index is -1.30. The molecule has 0 saturated carbocycles. The summed E-state index contributed by atoms with van der Waals surface area (Å²) in [5.74, 6) is -3.59. The number of carbonyl (C=O) groups excluding carboxylic acids is 3. The molecule has 1 heterocycles. The van der Waals surface area contributed by atoms with Gasteiger partial charge in [0.2, 0.25) is 11.8 Å². The Kier molecular flexibility index (Phi) is 8.79. The molecule has 182 valence electrons. The van der Waals surface area contributed by atoms with Crippen LogP contribution in [-0.4, -0.2) is 37.3 Å². The molecule has 3 rings (SSSR count). The van der Waals surface area contributed by atoms with E-state index in [1.165, 1.54) is 7.11 Å². The van der Waals surface area contributed by atoms with Crippen LogP contribution in [-0.2, 0) is 19.1 Å². The van der Waals surface area contributed by atoms with Gasteiger partial charge in [0, 0.05) is 11.6 Å². The summed E-state index contributed by atoms with van der Waals surface area (Å²) in [6, 6.07) is 14.3. The van der Waals surface area contributed by atoms with E-state index in [-0.39, 0.29) is 27.3 Å². The van der Waals surface area contributed by atoms with E-state index in [4.69, 9.17) is 21.1 Å². The van der Waals surface area contributed by atoms with E-state index in [2.05, 4.69) is 16.7 Å². The summed E-state index contributed by atoms with van der Waals surface area (Å²) in [6.45, 7) is 4.17. The van der Waals surface area contributed by atoms with E-state index < -0.39 is 23.7 Å². The Bertz CT molecular complexity index is 1210. The van der Waals surface area contributed by atoms with Gasteiger partial charge in [0.25, 0.3) is 0 Å². The first kappa shape index (κ1) is 26.1. The molecule has 2 atom stereocenters. The summed E-state index contributed by atoms with van der Waals surface area (Å²) in [5.41, 5.74) is 2.30. The van der Waals surface area contributed by atoms with Crippen molar-refractivity contribution < 1.29 is 23.9 Å². The molecule has 0 unspecified atom stereocenters. The van der Waals surface area contributed by atoms with E-state index in [0.717, 1.165) is 17.3 Å². The van der Waals surface area contributed by atoms with Crippen molar-refractivity contribution in [3.63, 3.8) is 0 Å². The normalized spacial score (nSPS) is 17.3. The number of hydrogen-bond donors (Lipinski definition) is 2. The highest BCUT2D eigenvalue weighted by molar-refractivity contribution is 8.03. The van der Waals surface area contributed by atoms with Crippen molar-refractivity contribution in [1.82, 2.24) is 5.32 Å². The molecule has 0 fully saturated rings. The fraction of sp³-hybridized carbons (Fsp3) is 0.280. The number of amides is 2. The lowest BCUT2D eigenvalue weighted by Gasteiger charge is -2.31. The largest absolute Gasteiger partial charge is 0.492 e. The summed E-state index contributed by atoms with van der Waals surface area (Å²) < 4.78 is 10.3. The highest BCUT2D eigenvalue weighted by atomic mass is 35.5. The van der Waals surface area contributed by atoms with Crippen LogP contribution in [0.15, 0.2) is 53.1 Å². The van der Waals surface area contributed by atoms with E-state index in [1.54, 1.807) is 30.3 Å². The standard InChI is InChI=1S/C25H24ClN3O5S/c1-4-34-19-10-7-15(11-18(19)26)21-17(12-27)24(29-23(31)22(21)25(32)33-3)35-13-20(30)28-16-8-5-14(2)6-9-16/h5-11,21-22H,4,13H2,1-3H3,(H,28,30)(H,29,31)/t21-,22-/m0/s1. The molecular formula is C25H24ClN3O5S. The van der Waals surface area contributed by atoms with Crippen LogP contribution in [0.5, 0.6) is 5.75 Å². The molecule has 10 heteroatoms. The number of nitrogens with one attached hydrogen (secondary N) is 2. The molecule has 0 bridgehead atoms. The van der Waals surface area contributed by atoms with Crippen molar-refractivity contribution in [2.45, 2.75) is 19.8 Å². The van der Waals surface area contributed by atoms with Gasteiger partial charge in [0.15, 0.2) is 0 Å². The SMILES string of the molecule is CCOc1ccc([C@H]2C(C#N)=C(SCC(=O)Nc3ccc(C)cc3)NC(=O)[C@H]2C(=O)OC)cc1Cl. The number of benzene rings is 2. The summed E-state index contributed by atoms with van der Waals surface area (Å²) in [4.78, 5) is 38.0. The van der Waals surface area contributed by atoms with Gasteiger partial charge >= 0.3 is 5.97 Å². The van der Waals surface area contributed by atoms with Crippen molar-refractivity contribution in [3.8, 4) is 11.8 Å². The number of anilines is 1. The number of ether oxygens (including phenoxy) is 2. The van der Waals surface area contributed by atoms with Crippen LogP contribution >= 0.6 is 23.4 Å². The third-order valence-corrected chi connectivity index (χ3v) is 6.59. The third kappa shape index (κ3) is 6.15. The highest BCUT2D eigenvalue weighted by Gasteiger charge is 2.44. The average molecular weight is 514 g/mol. The molecule has 0 aliphatic carbocycles. The molecule has 2 N–H and O–H groups in total. The molecule has 0 spiro atoms. The first-order valence-electron chi connectivity index (χ1n) is 10.7. The van der Waals surface area contributed by atoms with Crippen LogP contribution in [0.4, 0.5) is 5.69 Å². The topological polar surface area (TPSA) is 118 Å². The Balaban J connectivity index is 1.92. The van der Waals surface area contributed by atoms with Crippen LogP contribution < -0.4 is 15.4 Å². The summed E-state index contributed by atoms with van der Waals surface area (Å²) in [6.07, 6.45) is 0. The molecule has 35 heavy (non-hydrogen) atoms. The lowest BCUT2D eigenvalue weighted by molar-refractivity contribution is -0.150. The lowest BCUT2D eigenvalue weighted by atomic mass is 9.78. The summed E-state index contributed by atoms with van der Waals surface area (Å²) in [7, 11) is 1.17. The predicted molar refractivity (Wildman–Crippen MR) is 134 cm³/mol. The van der Waals surface area contributed by atoms with E-state index in [1.807, 2.05) is 26.0 Å². The third-order valence-electron chi connectivity index (χ3n) is 5.28. The molecule has 0 radical (unpaired) electrons. The van der Waals surface area contributed by atoms with Gasteiger partial charge in [-0.3, -0.25) is 14.4 Å². The Morgan fingerprint density at radius 3 is 2.54 bits per heavy atom. The average Bonchev–Trinajstić information content (AvgIpc) is 2.84. The second-order valence-corrected chi connectivity index (χ2v) is 9.04. The smallest absolute Gasteiger partial charge is 0.319 e. The zero-order valence-electron chi connectivity index (χ0n) is 19.4. The van der Waals surface area contributed by atoms with E-state index in [9.17, 15) is 19.6 Å². The van der Waals surface area contributed by atoms with Crippen LogP contribution in [0.25, 0.3) is 0 Å². The maximum Gasteiger partial charge on any atom is 0.319 e. The molecule has 0 aromatic heterocycles. The van der Waals surface area contributed by atoms with Gasteiger partial charge in [-0.2, -0.15) is 5.26 Å². The number of thioether (sulfide) groups is 1. The molecule has 1 aliphatic rings. The summed E-state index contributed by atoms with van der Waals surface area (Å²) in [5, 5.41) is 15.9. The number of halogens is 1.